The molecule has 3 rings (SSSR count). The molecule has 0 aliphatic carbocycles. The van der Waals surface area contributed by atoms with Gasteiger partial charge in [0.2, 0.25) is 0 Å². The lowest BCUT2D eigenvalue weighted by atomic mass is 10.2. The first-order chi connectivity index (χ1) is 17.4. The van der Waals surface area contributed by atoms with Gasteiger partial charge in [-0.05, 0) is 55.0 Å². The van der Waals surface area contributed by atoms with Crippen molar-refractivity contribution in [1.29, 1.82) is 0 Å². The number of carbonyl (C=O) groups is 2. The predicted octanol–water partition coefficient (Wildman–Crippen LogP) is 3.75. The van der Waals surface area contributed by atoms with Crippen LogP contribution in [0, 0.1) is 10.1 Å². The van der Waals surface area contributed by atoms with E-state index in [1.165, 1.54) is 43.7 Å². The summed E-state index contributed by atoms with van der Waals surface area (Å²) in [5, 5.41) is 14.6. The van der Waals surface area contributed by atoms with Gasteiger partial charge >= 0.3 is 5.97 Å². The van der Waals surface area contributed by atoms with Gasteiger partial charge in [-0.15, -0.1) is 0 Å². The molecule has 0 atom stereocenters. The Morgan fingerprint density at radius 2 is 1.67 bits per heavy atom. The Bertz CT molecular complexity index is 1260. The van der Waals surface area contributed by atoms with Crippen LogP contribution in [0.4, 0.5) is 5.69 Å². The van der Waals surface area contributed by atoms with E-state index in [0.29, 0.717) is 23.7 Å². The second-order valence-corrected chi connectivity index (χ2v) is 7.07. The summed E-state index contributed by atoms with van der Waals surface area (Å²) < 4.78 is 21.6. The summed E-state index contributed by atoms with van der Waals surface area (Å²) in [5.41, 5.74) is 2.93. The molecule has 3 aromatic rings. The summed E-state index contributed by atoms with van der Waals surface area (Å²) in [5.74, 6) is 0.195. The van der Waals surface area contributed by atoms with E-state index in [2.05, 4.69) is 10.5 Å². The number of amides is 1. The number of benzene rings is 3. The number of nitrogens with one attached hydrogen (secondary N) is 1. The number of rotatable bonds is 11. The van der Waals surface area contributed by atoms with E-state index in [9.17, 15) is 19.7 Å². The van der Waals surface area contributed by atoms with Crippen LogP contribution in [0.2, 0.25) is 0 Å². The zero-order valence-electron chi connectivity index (χ0n) is 19.5. The SMILES string of the molecule is CCOc1ccccc1OCC(=O)N/N=C/c1ccc(OC(=O)c2ccc([N+](=O)[O-])cc2)c(OC)c1. The highest BCUT2D eigenvalue weighted by Gasteiger charge is 2.14. The molecule has 0 aliphatic rings. The average Bonchev–Trinajstić information content (AvgIpc) is 2.89. The van der Waals surface area contributed by atoms with Crippen molar-refractivity contribution >= 4 is 23.8 Å². The van der Waals surface area contributed by atoms with Crippen molar-refractivity contribution in [2.24, 2.45) is 5.10 Å². The average molecular weight is 493 g/mol. The van der Waals surface area contributed by atoms with E-state index in [1.54, 1.807) is 36.4 Å². The van der Waals surface area contributed by atoms with E-state index in [4.69, 9.17) is 18.9 Å². The molecule has 11 nitrogen and oxygen atoms in total. The molecule has 0 unspecified atom stereocenters. The summed E-state index contributed by atoms with van der Waals surface area (Å²) in [6.07, 6.45) is 1.39. The first kappa shape index (κ1) is 25.7. The number of methoxy groups -OCH3 is 1. The highest BCUT2D eigenvalue weighted by molar-refractivity contribution is 5.92. The lowest BCUT2D eigenvalue weighted by Gasteiger charge is -2.11. The lowest BCUT2D eigenvalue weighted by Crippen LogP contribution is -2.24. The number of nitro benzene ring substituents is 1. The molecule has 11 heteroatoms. The summed E-state index contributed by atoms with van der Waals surface area (Å²) in [7, 11) is 1.40. The highest BCUT2D eigenvalue weighted by Crippen LogP contribution is 2.29. The van der Waals surface area contributed by atoms with Crippen LogP contribution in [-0.4, -0.2) is 43.3 Å². The first-order valence-corrected chi connectivity index (χ1v) is 10.7. The number of hydrogen-bond acceptors (Lipinski definition) is 9. The maximum atomic E-state index is 12.4. The predicted molar refractivity (Wildman–Crippen MR) is 130 cm³/mol. The smallest absolute Gasteiger partial charge is 0.343 e. The molecule has 0 heterocycles. The molecule has 0 saturated heterocycles. The van der Waals surface area contributed by atoms with Gasteiger partial charge in [-0.1, -0.05) is 12.1 Å². The molecule has 0 spiro atoms. The van der Waals surface area contributed by atoms with Crippen molar-refractivity contribution in [2.75, 3.05) is 20.3 Å². The zero-order chi connectivity index (χ0) is 25.9. The number of non-ortho nitro benzene ring substituents is 1. The minimum Gasteiger partial charge on any atom is -0.493 e. The fourth-order valence-corrected chi connectivity index (χ4v) is 2.93. The van der Waals surface area contributed by atoms with E-state index >= 15 is 0 Å². The van der Waals surface area contributed by atoms with Gasteiger partial charge in [0.25, 0.3) is 11.6 Å². The summed E-state index contributed by atoms with van der Waals surface area (Å²) >= 11 is 0. The van der Waals surface area contributed by atoms with E-state index in [1.807, 2.05) is 6.92 Å². The van der Waals surface area contributed by atoms with Crippen molar-refractivity contribution in [2.45, 2.75) is 6.92 Å². The van der Waals surface area contributed by atoms with Crippen molar-refractivity contribution in [1.82, 2.24) is 5.43 Å². The van der Waals surface area contributed by atoms with Crippen LogP contribution in [0.25, 0.3) is 0 Å². The van der Waals surface area contributed by atoms with Gasteiger partial charge in [0.05, 0.1) is 30.4 Å². The molecule has 0 aromatic heterocycles. The first-order valence-electron chi connectivity index (χ1n) is 10.7. The number of esters is 1. The van der Waals surface area contributed by atoms with E-state index in [0.717, 1.165) is 0 Å². The van der Waals surface area contributed by atoms with Crippen LogP contribution in [0.15, 0.2) is 71.8 Å². The van der Waals surface area contributed by atoms with Gasteiger partial charge in [-0.2, -0.15) is 5.10 Å². The maximum Gasteiger partial charge on any atom is 0.343 e. The third-order valence-corrected chi connectivity index (χ3v) is 4.61. The topological polar surface area (TPSA) is 139 Å². The van der Waals surface area contributed by atoms with Gasteiger partial charge in [0, 0.05) is 12.1 Å². The molecule has 0 saturated carbocycles. The molecule has 1 amide bonds. The summed E-state index contributed by atoms with van der Waals surface area (Å²) in [6.45, 7) is 2.06. The van der Waals surface area contributed by atoms with Gasteiger partial charge in [-0.3, -0.25) is 14.9 Å². The van der Waals surface area contributed by atoms with Crippen molar-refractivity contribution < 1.29 is 33.5 Å². The third kappa shape index (κ3) is 7.03. The van der Waals surface area contributed by atoms with Crippen molar-refractivity contribution in [3.63, 3.8) is 0 Å². The van der Waals surface area contributed by atoms with Crippen molar-refractivity contribution in [3.05, 3.63) is 88.0 Å². The minimum absolute atomic E-state index is 0.137. The Balaban J connectivity index is 1.57. The molecule has 1 N–H and O–H groups in total. The minimum atomic E-state index is -0.706. The van der Waals surface area contributed by atoms with Crippen LogP contribution < -0.4 is 24.4 Å². The van der Waals surface area contributed by atoms with Crippen LogP contribution in [0.3, 0.4) is 0 Å². The summed E-state index contributed by atoms with van der Waals surface area (Å²) in [4.78, 5) is 34.6. The Morgan fingerprint density at radius 1 is 0.972 bits per heavy atom. The molecule has 0 fully saturated rings. The number of hydrazone groups is 1. The Hall–Kier alpha value is -4.93. The van der Waals surface area contributed by atoms with Gasteiger partial charge < -0.3 is 18.9 Å². The van der Waals surface area contributed by atoms with Crippen LogP contribution in [0.1, 0.15) is 22.8 Å². The standard InChI is InChI=1S/C25H23N3O8/c1-3-34-20-6-4-5-7-21(20)35-16-24(29)27-26-15-17-8-13-22(23(14-17)33-2)36-25(30)18-9-11-19(12-10-18)28(31)32/h4-15H,3,16H2,1-2H3,(H,27,29)/b26-15+. The highest BCUT2D eigenvalue weighted by atomic mass is 16.6. The molecule has 3 aromatic carbocycles. The third-order valence-electron chi connectivity index (χ3n) is 4.61. The van der Waals surface area contributed by atoms with Gasteiger partial charge in [-0.25, -0.2) is 10.2 Å². The quantitative estimate of drug-likeness (QED) is 0.140. The maximum absolute atomic E-state index is 12.4. The largest absolute Gasteiger partial charge is 0.493 e. The summed E-state index contributed by atoms with van der Waals surface area (Å²) in [6, 6.07) is 16.7. The zero-order valence-corrected chi connectivity index (χ0v) is 19.5. The fraction of sp³-hybridized carbons (Fsp3) is 0.160. The normalized spacial score (nSPS) is 10.5. The molecule has 186 valence electrons. The second-order valence-electron chi connectivity index (χ2n) is 7.07. The lowest BCUT2D eigenvalue weighted by molar-refractivity contribution is -0.384. The molecule has 0 aliphatic heterocycles. The number of nitro groups is 1. The number of nitrogens with zero attached hydrogens (tertiary/aromatic N) is 2. The molecule has 0 radical (unpaired) electrons. The van der Waals surface area contributed by atoms with Crippen LogP contribution >= 0.6 is 0 Å². The second kappa shape index (κ2) is 12.5. The molecular weight excluding hydrogens is 470 g/mol. The Kier molecular flexibility index (Phi) is 8.93. The fourth-order valence-electron chi connectivity index (χ4n) is 2.93. The molecule has 0 bridgehead atoms. The van der Waals surface area contributed by atoms with Crippen LogP contribution in [0.5, 0.6) is 23.0 Å². The van der Waals surface area contributed by atoms with E-state index in [-0.39, 0.29) is 29.4 Å². The van der Waals surface area contributed by atoms with Crippen LogP contribution in [-0.2, 0) is 4.79 Å². The molecular formula is C25H23N3O8. The Morgan fingerprint density at radius 3 is 2.31 bits per heavy atom. The Labute approximate surface area is 206 Å². The van der Waals surface area contributed by atoms with Gasteiger partial charge in [0.1, 0.15) is 0 Å². The number of carbonyl (C=O) groups excluding carboxylic acids is 2. The number of ether oxygens (including phenoxy) is 4. The van der Waals surface area contributed by atoms with E-state index < -0.39 is 16.8 Å². The monoisotopic (exact) mass is 493 g/mol. The van der Waals surface area contributed by atoms with Gasteiger partial charge in [0.15, 0.2) is 29.6 Å². The van der Waals surface area contributed by atoms with Crippen molar-refractivity contribution in [3.8, 4) is 23.0 Å². The number of hydrogen-bond donors (Lipinski definition) is 1. The number of para-hydroxylation sites is 2. The molecule has 36 heavy (non-hydrogen) atoms.